The van der Waals surface area contributed by atoms with E-state index in [9.17, 15) is 8.78 Å². The maximum Gasteiger partial charge on any atom is 0.159 e. The first-order chi connectivity index (χ1) is 12.6. The van der Waals surface area contributed by atoms with Gasteiger partial charge in [-0.3, -0.25) is 0 Å². The van der Waals surface area contributed by atoms with Crippen LogP contribution in [0.2, 0.25) is 0 Å². The second kappa shape index (κ2) is 7.03. The summed E-state index contributed by atoms with van der Waals surface area (Å²) in [6.45, 7) is 3.92. The summed E-state index contributed by atoms with van der Waals surface area (Å²) < 4.78 is 26.7. The van der Waals surface area contributed by atoms with Crippen LogP contribution < -0.4 is 0 Å². The van der Waals surface area contributed by atoms with Gasteiger partial charge in [-0.1, -0.05) is 42.5 Å². The third-order valence-electron chi connectivity index (χ3n) is 5.69. The molecule has 132 valence electrons. The molecule has 1 aliphatic rings. The van der Waals surface area contributed by atoms with Crippen LogP contribution in [0.4, 0.5) is 8.78 Å². The first-order valence-corrected chi connectivity index (χ1v) is 9.26. The van der Waals surface area contributed by atoms with Gasteiger partial charge in [0.2, 0.25) is 0 Å². The maximum atomic E-state index is 13.5. The molecule has 0 heterocycles. The topological polar surface area (TPSA) is 0 Å². The zero-order valence-corrected chi connectivity index (χ0v) is 14.7. The molecule has 0 aromatic heterocycles. The van der Waals surface area contributed by atoms with E-state index in [1.54, 1.807) is 6.07 Å². The highest BCUT2D eigenvalue weighted by atomic mass is 19.2. The van der Waals surface area contributed by atoms with Crippen LogP contribution in [-0.4, -0.2) is 0 Å². The fourth-order valence-corrected chi connectivity index (χ4v) is 4.06. The van der Waals surface area contributed by atoms with E-state index >= 15 is 0 Å². The molecular formula is C24H22F2. The molecule has 4 rings (SSSR count). The fraction of sp³-hybridized carbons (Fsp3) is 0.250. The van der Waals surface area contributed by atoms with Gasteiger partial charge in [0.1, 0.15) is 0 Å². The van der Waals surface area contributed by atoms with Crippen molar-refractivity contribution in [2.45, 2.75) is 31.6 Å². The summed E-state index contributed by atoms with van der Waals surface area (Å²) in [5, 5.41) is 2.32. The van der Waals surface area contributed by atoms with Crippen LogP contribution in [0.1, 0.15) is 37.2 Å². The molecule has 0 atom stereocenters. The smallest absolute Gasteiger partial charge is 0.159 e. The van der Waals surface area contributed by atoms with Gasteiger partial charge in [-0.2, -0.15) is 0 Å². The molecule has 1 saturated carbocycles. The van der Waals surface area contributed by atoms with E-state index in [0.29, 0.717) is 17.4 Å². The Hall–Kier alpha value is -2.48. The number of halogens is 2. The molecule has 0 amide bonds. The van der Waals surface area contributed by atoms with Crippen molar-refractivity contribution in [3.63, 3.8) is 0 Å². The molecule has 0 aliphatic heterocycles. The van der Waals surface area contributed by atoms with E-state index in [0.717, 1.165) is 10.9 Å². The Morgan fingerprint density at radius 3 is 2.12 bits per heavy atom. The van der Waals surface area contributed by atoms with Crippen LogP contribution in [0, 0.1) is 17.6 Å². The monoisotopic (exact) mass is 348 g/mol. The fourth-order valence-electron chi connectivity index (χ4n) is 4.06. The number of rotatable bonds is 3. The van der Waals surface area contributed by atoms with Gasteiger partial charge in [0, 0.05) is 0 Å². The second-order valence-electron chi connectivity index (χ2n) is 7.30. The van der Waals surface area contributed by atoms with E-state index in [4.69, 9.17) is 0 Å². The number of hydrogen-bond donors (Lipinski definition) is 0. The lowest BCUT2D eigenvalue weighted by Crippen LogP contribution is -2.11. The van der Waals surface area contributed by atoms with Crippen molar-refractivity contribution < 1.29 is 8.78 Å². The van der Waals surface area contributed by atoms with E-state index < -0.39 is 11.6 Å². The molecular weight excluding hydrogens is 326 g/mol. The van der Waals surface area contributed by atoms with Gasteiger partial charge in [-0.05, 0) is 83.2 Å². The molecule has 1 fully saturated rings. The lowest BCUT2D eigenvalue weighted by molar-refractivity contribution is 0.376. The number of fused-ring (bicyclic) bond motifs is 1. The Bertz CT molecular complexity index is 950. The molecule has 0 bridgehead atoms. The first-order valence-electron chi connectivity index (χ1n) is 9.26. The SMILES string of the molecule is C=C[C@H]1CC[C@H](c2ccc3cc(-c4ccc(F)c(F)c4)ccc3c2)CC1. The number of benzene rings is 3. The molecule has 26 heavy (non-hydrogen) atoms. The van der Waals surface area contributed by atoms with Gasteiger partial charge >= 0.3 is 0 Å². The third-order valence-corrected chi connectivity index (χ3v) is 5.69. The Balaban J connectivity index is 1.62. The van der Waals surface area contributed by atoms with Crippen LogP contribution in [0.15, 0.2) is 67.3 Å². The lowest BCUT2D eigenvalue weighted by Gasteiger charge is -2.27. The largest absolute Gasteiger partial charge is 0.204 e. The summed E-state index contributed by atoms with van der Waals surface area (Å²) in [5.74, 6) is -0.328. The van der Waals surface area contributed by atoms with Gasteiger partial charge in [0.25, 0.3) is 0 Å². The van der Waals surface area contributed by atoms with Crippen molar-refractivity contribution in [2.75, 3.05) is 0 Å². The normalized spacial score (nSPS) is 20.2. The van der Waals surface area contributed by atoms with E-state index in [2.05, 4.69) is 36.9 Å². The maximum absolute atomic E-state index is 13.5. The average Bonchev–Trinajstić information content (AvgIpc) is 2.69. The third kappa shape index (κ3) is 3.29. The highest BCUT2D eigenvalue weighted by Crippen LogP contribution is 2.37. The molecule has 1 aliphatic carbocycles. The van der Waals surface area contributed by atoms with Gasteiger partial charge in [0.15, 0.2) is 11.6 Å². The van der Waals surface area contributed by atoms with Crippen LogP contribution in [0.3, 0.4) is 0 Å². The second-order valence-corrected chi connectivity index (χ2v) is 7.30. The van der Waals surface area contributed by atoms with Crippen LogP contribution in [0.25, 0.3) is 21.9 Å². The molecule has 0 nitrogen and oxygen atoms in total. The van der Waals surface area contributed by atoms with E-state index in [1.165, 1.54) is 48.8 Å². The Morgan fingerprint density at radius 2 is 1.38 bits per heavy atom. The number of hydrogen-bond acceptors (Lipinski definition) is 0. The Morgan fingerprint density at radius 1 is 0.731 bits per heavy atom. The van der Waals surface area contributed by atoms with Crippen molar-refractivity contribution in [1.29, 1.82) is 0 Å². The first kappa shape index (κ1) is 17.0. The predicted molar refractivity (Wildman–Crippen MR) is 104 cm³/mol. The molecule has 0 N–H and O–H groups in total. The van der Waals surface area contributed by atoms with Crippen molar-refractivity contribution in [3.8, 4) is 11.1 Å². The molecule has 0 radical (unpaired) electrons. The zero-order valence-electron chi connectivity index (χ0n) is 14.7. The summed E-state index contributed by atoms with van der Waals surface area (Å²) in [4.78, 5) is 0. The summed E-state index contributed by atoms with van der Waals surface area (Å²) in [5.41, 5.74) is 2.99. The zero-order chi connectivity index (χ0) is 18.1. The predicted octanol–water partition coefficient (Wildman–Crippen LogP) is 7.24. The molecule has 0 saturated heterocycles. The minimum absolute atomic E-state index is 0.626. The quantitative estimate of drug-likeness (QED) is 0.437. The van der Waals surface area contributed by atoms with E-state index in [1.807, 2.05) is 12.1 Å². The summed E-state index contributed by atoms with van der Waals surface area (Å²) in [6, 6.07) is 16.8. The van der Waals surface area contributed by atoms with Crippen molar-refractivity contribution >= 4 is 10.8 Å². The van der Waals surface area contributed by atoms with Crippen molar-refractivity contribution in [1.82, 2.24) is 0 Å². The standard InChI is InChI=1S/C24H22F2/c1-2-16-3-5-17(6-4-16)18-7-8-20-14-21(10-9-19(20)13-18)22-11-12-23(25)24(26)15-22/h2,7-17H,1,3-6H2/t16-,17-. The molecule has 3 aromatic rings. The minimum Gasteiger partial charge on any atom is -0.204 e. The molecule has 2 heteroatoms. The summed E-state index contributed by atoms with van der Waals surface area (Å²) in [7, 11) is 0. The minimum atomic E-state index is -0.814. The lowest BCUT2D eigenvalue weighted by atomic mass is 9.78. The van der Waals surface area contributed by atoms with Crippen LogP contribution in [0.5, 0.6) is 0 Å². The summed E-state index contributed by atoms with van der Waals surface area (Å²) in [6.07, 6.45) is 6.98. The highest BCUT2D eigenvalue weighted by molar-refractivity contribution is 5.88. The van der Waals surface area contributed by atoms with Gasteiger partial charge in [-0.25, -0.2) is 8.78 Å². The Kier molecular flexibility index (Phi) is 4.58. The van der Waals surface area contributed by atoms with Crippen LogP contribution in [-0.2, 0) is 0 Å². The number of allylic oxidation sites excluding steroid dienone is 1. The molecule has 0 spiro atoms. The van der Waals surface area contributed by atoms with Gasteiger partial charge < -0.3 is 0 Å². The Labute approximate surface area is 153 Å². The van der Waals surface area contributed by atoms with Crippen molar-refractivity contribution in [2.24, 2.45) is 5.92 Å². The molecule has 0 unspecified atom stereocenters. The van der Waals surface area contributed by atoms with Crippen molar-refractivity contribution in [3.05, 3.63) is 84.5 Å². The highest BCUT2D eigenvalue weighted by Gasteiger charge is 2.20. The van der Waals surface area contributed by atoms with Gasteiger partial charge in [-0.15, -0.1) is 6.58 Å². The summed E-state index contributed by atoms with van der Waals surface area (Å²) >= 11 is 0. The average molecular weight is 348 g/mol. The van der Waals surface area contributed by atoms with Crippen LogP contribution >= 0.6 is 0 Å². The van der Waals surface area contributed by atoms with E-state index in [-0.39, 0.29) is 0 Å². The van der Waals surface area contributed by atoms with Gasteiger partial charge in [0.05, 0.1) is 0 Å². The molecule has 3 aromatic carbocycles.